The number of hydrogen-bond donors (Lipinski definition) is 0. The molecule has 4 nitrogen and oxygen atoms in total. The standard InChI is InChI=1S/C44H25N3O/c1-2-14-26(15-3-1)41-40-34-23-11-13-25-36(34)48-43(40)46-44(45-41)47-35-24-12-10-22-33(35)39-38-30-19-7-5-17-28(30)27-16-4-6-18-29(27)37(38)31-20-8-9-21-32(31)42(39)47/h1-25H. The van der Waals surface area contributed by atoms with Crippen LogP contribution in [-0.4, -0.2) is 14.5 Å². The van der Waals surface area contributed by atoms with Crippen molar-refractivity contribution < 1.29 is 4.42 Å². The topological polar surface area (TPSA) is 43.9 Å². The molecular weight excluding hydrogens is 587 g/mol. The van der Waals surface area contributed by atoms with Gasteiger partial charge in [-0.1, -0.05) is 140 Å². The van der Waals surface area contributed by atoms with Crippen molar-refractivity contribution in [2.45, 2.75) is 0 Å². The second-order valence-corrected chi connectivity index (χ2v) is 12.5. The van der Waals surface area contributed by atoms with Gasteiger partial charge in [0.2, 0.25) is 11.7 Å². The van der Waals surface area contributed by atoms with Gasteiger partial charge in [0.15, 0.2) is 0 Å². The molecule has 0 unspecified atom stereocenters. The van der Waals surface area contributed by atoms with Gasteiger partial charge < -0.3 is 4.42 Å². The first-order valence-corrected chi connectivity index (χ1v) is 16.3. The molecule has 0 N–H and O–H groups in total. The van der Waals surface area contributed by atoms with Crippen LogP contribution in [0.1, 0.15) is 0 Å². The highest BCUT2D eigenvalue weighted by Gasteiger charge is 2.25. The lowest BCUT2D eigenvalue weighted by atomic mass is 9.88. The first-order valence-electron chi connectivity index (χ1n) is 16.3. The molecule has 0 aliphatic carbocycles. The number of hydrogen-bond acceptors (Lipinski definition) is 3. The van der Waals surface area contributed by atoms with Gasteiger partial charge in [0.1, 0.15) is 5.58 Å². The Kier molecular flexibility index (Phi) is 5.08. The predicted octanol–water partition coefficient (Wildman–Crippen LogP) is 11.8. The Morgan fingerprint density at radius 2 is 0.938 bits per heavy atom. The van der Waals surface area contributed by atoms with Crippen molar-refractivity contribution in [3.8, 4) is 17.2 Å². The molecule has 0 radical (unpaired) electrons. The maximum atomic E-state index is 6.48. The van der Waals surface area contributed by atoms with Crippen LogP contribution in [0.5, 0.6) is 0 Å². The molecule has 8 aromatic carbocycles. The molecule has 0 fully saturated rings. The van der Waals surface area contributed by atoms with E-state index in [-0.39, 0.29) is 0 Å². The molecular formula is C44H25N3O. The van der Waals surface area contributed by atoms with Gasteiger partial charge in [-0.3, -0.25) is 4.57 Å². The summed E-state index contributed by atoms with van der Waals surface area (Å²) < 4.78 is 8.74. The Morgan fingerprint density at radius 3 is 1.67 bits per heavy atom. The molecule has 0 saturated carbocycles. The second-order valence-electron chi connectivity index (χ2n) is 12.5. The van der Waals surface area contributed by atoms with Crippen molar-refractivity contribution in [2.24, 2.45) is 0 Å². The van der Waals surface area contributed by atoms with Gasteiger partial charge >= 0.3 is 0 Å². The van der Waals surface area contributed by atoms with Crippen LogP contribution in [0.3, 0.4) is 0 Å². The van der Waals surface area contributed by atoms with Crippen LogP contribution in [0.2, 0.25) is 0 Å². The van der Waals surface area contributed by atoms with Crippen molar-refractivity contribution >= 4 is 87.0 Å². The van der Waals surface area contributed by atoms with Crippen molar-refractivity contribution in [1.82, 2.24) is 14.5 Å². The van der Waals surface area contributed by atoms with E-state index in [2.05, 4.69) is 132 Å². The Morgan fingerprint density at radius 1 is 0.396 bits per heavy atom. The molecule has 11 rings (SSSR count). The molecule has 3 aromatic heterocycles. The lowest BCUT2D eigenvalue weighted by Gasteiger charge is -2.16. The molecule has 0 atom stereocenters. The number of aromatic nitrogens is 3. The fourth-order valence-electron chi connectivity index (χ4n) is 8.06. The van der Waals surface area contributed by atoms with Gasteiger partial charge in [0.25, 0.3) is 0 Å². The lowest BCUT2D eigenvalue weighted by Crippen LogP contribution is -2.03. The van der Waals surface area contributed by atoms with E-state index in [9.17, 15) is 0 Å². The summed E-state index contributed by atoms with van der Waals surface area (Å²) >= 11 is 0. The molecule has 4 heteroatoms. The summed E-state index contributed by atoms with van der Waals surface area (Å²) in [7, 11) is 0. The minimum atomic E-state index is 0.576. The summed E-state index contributed by atoms with van der Waals surface area (Å²) in [5, 5.41) is 14.2. The Labute approximate surface area is 274 Å². The zero-order valence-electron chi connectivity index (χ0n) is 25.7. The number of furan rings is 1. The zero-order chi connectivity index (χ0) is 31.3. The fourth-order valence-corrected chi connectivity index (χ4v) is 8.06. The third-order valence-electron chi connectivity index (χ3n) is 9.98. The Balaban J connectivity index is 1.41. The van der Waals surface area contributed by atoms with E-state index in [1.165, 1.54) is 48.5 Å². The molecule has 0 aliphatic rings. The molecule has 0 bridgehead atoms. The molecule has 11 aromatic rings. The highest BCUT2D eigenvalue weighted by molar-refractivity contribution is 6.42. The van der Waals surface area contributed by atoms with E-state index < -0.39 is 0 Å². The lowest BCUT2D eigenvalue weighted by molar-refractivity contribution is 0.651. The highest BCUT2D eigenvalue weighted by Crippen LogP contribution is 2.47. The van der Waals surface area contributed by atoms with Crippen LogP contribution >= 0.6 is 0 Å². The minimum absolute atomic E-state index is 0.576. The van der Waals surface area contributed by atoms with Gasteiger partial charge in [-0.15, -0.1) is 0 Å². The van der Waals surface area contributed by atoms with Gasteiger partial charge in [-0.05, 0) is 44.5 Å². The second kappa shape index (κ2) is 9.50. The van der Waals surface area contributed by atoms with Crippen molar-refractivity contribution in [1.29, 1.82) is 0 Å². The summed E-state index contributed by atoms with van der Waals surface area (Å²) in [6.07, 6.45) is 0. The number of fused-ring (bicyclic) bond motifs is 16. The molecule has 0 amide bonds. The molecule has 222 valence electrons. The van der Waals surface area contributed by atoms with E-state index in [0.29, 0.717) is 11.7 Å². The van der Waals surface area contributed by atoms with Gasteiger partial charge in [-0.25, -0.2) is 4.98 Å². The average Bonchev–Trinajstić information content (AvgIpc) is 3.71. The van der Waals surface area contributed by atoms with Crippen molar-refractivity contribution in [2.75, 3.05) is 0 Å². The summed E-state index contributed by atoms with van der Waals surface area (Å²) in [5.41, 5.74) is 5.39. The molecule has 0 aliphatic heterocycles. The summed E-state index contributed by atoms with van der Waals surface area (Å²) in [5.74, 6) is 0.584. The van der Waals surface area contributed by atoms with E-state index in [0.717, 1.165) is 44.0 Å². The minimum Gasteiger partial charge on any atom is -0.437 e. The van der Waals surface area contributed by atoms with Crippen LogP contribution in [0.4, 0.5) is 0 Å². The number of rotatable bonds is 2. The van der Waals surface area contributed by atoms with Crippen LogP contribution in [0.25, 0.3) is 104 Å². The summed E-state index contributed by atoms with van der Waals surface area (Å²) in [6.45, 7) is 0. The highest BCUT2D eigenvalue weighted by atomic mass is 16.3. The predicted molar refractivity (Wildman–Crippen MR) is 199 cm³/mol. The van der Waals surface area contributed by atoms with Crippen molar-refractivity contribution in [3.05, 3.63) is 152 Å². The molecule has 0 spiro atoms. The molecule has 0 saturated heterocycles. The number of nitrogens with zero attached hydrogens (tertiary/aromatic N) is 3. The summed E-state index contributed by atoms with van der Waals surface area (Å²) in [6, 6.07) is 53.6. The average molecular weight is 612 g/mol. The maximum Gasteiger partial charge on any atom is 0.238 e. The fraction of sp³-hybridized carbons (Fsp3) is 0. The van der Waals surface area contributed by atoms with E-state index >= 15 is 0 Å². The Hall–Kier alpha value is -6.52. The van der Waals surface area contributed by atoms with Crippen LogP contribution < -0.4 is 0 Å². The quantitative estimate of drug-likeness (QED) is 0.183. The summed E-state index contributed by atoms with van der Waals surface area (Å²) in [4.78, 5) is 10.7. The first-order chi connectivity index (χ1) is 23.8. The van der Waals surface area contributed by atoms with Gasteiger partial charge in [0, 0.05) is 32.5 Å². The smallest absolute Gasteiger partial charge is 0.238 e. The monoisotopic (exact) mass is 611 g/mol. The molecule has 3 heterocycles. The van der Waals surface area contributed by atoms with E-state index in [1.807, 2.05) is 24.3 Å². The first kappa shape index (κ1) is 25.6. The normalized spacial score (nSPS) is 12.2. The largest absolute Gasteiger partial charge is 0.437 e. The van der Waals surface area contributed by atoms with Gasteiger partial charge in [-0.2, -0.15) is 4.98 Å². The van der Waals surface area contributed by atoms with Crippen LogP contribution in [-0.2, 0) is 0 Å². The maximum absolute atomic E-state index is 6.48. The SMILES string of the molecule is c1ccc(-c2nc(-n3c4ccccc4c4c5c6ccccc6c6ccccc6c5c5ccccc5c43)nc3oc4ccccc4c23)cc1. The third-order valence-corrected chi connectivity index (χ3v) is 9.98. The molecule has 48 heavy (non-hydrogen) atoms. The van der Waals surface area contributed by atoms with E-state index in [4.69, 9.17) is 14.4 Å². The number of benzene rings is 8. The van der Waals surface area contributed by atoms with E-state index in [1.54, 1.807) is 0 Å². The third kappa shape index (κ3) is 3.33. The number of para-hydroxylation sites is 2. The zero-order valence-corrected chi connectivity index (χ0v) is 25.7. The van der Waals surface area contributed by atoms with Crippen LogP contribution in [0.15, 0.2) is 156 Å². The van der Waals surface area contributed by atoms with Gasteiger partial charge in [0.05, 0.1) is 22.1 Å². The van der Waals surface area contributed by atoms with Crippen molar-refractivity contribution in [3.63, 3.8) is 0 Å². The Bertz CT molecular complexity index is 3120. The van der Waals surface area contributed by atoms with Crippen LogP contribution in [0, 0.1) is 0 Å².